The second-order valence-electron chi connectivity index (χ2n) is 6.91. The number of aromatic nitrogens is 4. The van der Waals surface area contributed by atoms with Crippen LogP contribution in [0, 0.1) is 0 Å². The van der Waals surface area contributed by atoms with E-state index in [1.807, 2.05) is 35.0 Å². The van der Waals surface area contributed by atoms with E-state index in [0.29, 0.717) is 5.82 Å². The number of imidazole rings is 1. The lowest BCUT2D eigenvalue weighted by molar-refractivity contribution is 0.717. The fraction of sp³-hybridized carbons (Fsp3) is 0.190. The fourth-order valence-corrected chi connectivity index (χ4v) is 3.64. The summed E-state index contributed by atoms with van der Waals surface area (Å²) in [6, 6.07) is 10.2. The second-order valence-corrected chi connectivity index (χ2v) is 6.91. The summed E-state index contributed by atoms with van der Waals surface area (Å²) in [6.07, 6.45) is 12.4. The third-order valence-electron chi connectivity index (χ3n) is 5.07. The molecule has 3 N–H and O–H groups in total. The molecule has 0 radical (unpaired) electrons. The highest BCUT2D eigenvalue weighted by Crippen LogP contribution is 2.27. The summed E-state index contributed by atoms with van der Waals surface area (Å²) < 4.78 is 1.91. The van der Waals surface area contributed by atoms with Gasteiger partial charge in [0.2, 0.25) is 0 Å². The Kier molecular flexibility index (Phi) is 3.74. The van der Waals surface area contributed by atoms with Crippen LogP contribution in [0.2, 0.25) is 0 Å². The van der Waals surface area contributed by atoms with Crippen LogP contribution >= 0.6 is 0 Å². The lowest BCUT2D eigenvalue weighted by Crippen LogP contribution is -2.09. The molecule has 6 heteroatoms. The van der Waals surface area contributed by atoms with Crippen LogP contribution in [0.5, 0.6) is 0 Å². The number of nitrogens with zero attached hydrogens (tertiary/aromatic N) is 4. The summed E-state index contributed by atoms with van der Waals surface area (Å²) in [7, 11) is 0. The second kappa shape index (κ2) is 6.39. The average Bonchev–Trinajstić information content (AvgIpc) is 3.33. The maximum Gasteiger partial charge on any atom is 0.138 e. The molecule has 0 bridgehead atoms. The van der Waals surface area contributed by atoms with E-state index in [1.54, 1.807) is 6.20 Å². The van der Waals surface area contributed by atoms with Crippen molar-refractivity contribution >= 4 is 33.8 Å². The van der Waals surface area contributed by atoms with Crippen LogP contribution in [-0.2, 0) is 0 Å². The minimum atomic E-state index is 0.628. The summed E-state index contributed by atoms with van der Waals surface area (Å²) in [5.41, 5.74) is 12.2. The Morgan fingerprint density at radius 1 is 1.15 bits per heavy atom. The molecule has 0 atom stereocenters. The van der Waals surface area contributed by atoms with Gasteiger partial charge in [-0.05, 0) is 61.6 Å². The van der Waals surface area contributed by atoms with Crippen molar-refractivity contribution in [2.75, 3.05) is 5.73 Å². The molecule has 27 heavy (non-hydrogen) atoms. The van der Waals surface area contributed by atoms with E-state index in [4.69, 9.17) is 10.7 Å². The van der Waals surface area contributed by atoms with Crippen molar-refractivity contribution in [2.24, 2.45) is 4.99 Å². The summed E-state index contributed by atoms with van der Waals surface area (Å²) >= 11 is 0. The van der Waals surface area contributed by atoms with Crippen LogP contribution in [-0.4, -0.2) is 25.3 Å². The Hall–Kier alpha value is -3.41. The molecule has 0 amide bonds. The number of aromatic amines is 1. The van der Waals surface area contributed by atoms with Gasteiger partial charge in [0.15, 0.2) is 0 Å². The van der Waals surface area contributed by atoms with Crippen molar-refractivity contribution in [3.8, 4) is 0 Å². The summed E-state index contributed by atoms with van der Waals surface area (Å²) in [5.74, 6) is 0.628. The third kappa shape index (κ3) is 2.89. The minimum absolute atomic E-state index is 0.628. The van der Waals surface area contributed by atoms with Crippen molar-refractivity contribution in [3.05, 3.63) is 66.1 Å². The maximum atomic E-state index is 6.06. The number of nitrogens with one attached hydrogen (secondary N) is 1. The first-order valence-electron chi connectivity index (χ1n) is 9.22. The molecule has 3 aromatic heterocycles. The molecule has 4 aromatic rings. The van der Waals surface area contributed by atoms with Crippen LogP contribution in [0.1, 0.15) is 31.2 Å². The summed E-state index contributed by atoms with van der Waals surface area (Å²) in [6.45, 7) is 0. The fourth-order valence-electron chi connectivity index (χ4n) is 3.64. The zero-order valence-electron chi connectivity index (χ0n) is 14.9. The van der Waals surface area contributed by atoms with Gasteiger partial charge in [0.1, 0.15) is 11.5 Å². The maximum absolute atomic E-state index is 6.06. The number of pyridine rings is 1. The van der Waals surface area contributed by atoms with Crippen molar-refractivity contribution < 1.29 is 0 Å². The zero-order chi connectivity index (χ0) is 18.2. The number of aliphatic imine (C=N–C) groups is 1. The lowest BCUT2D eigenvalue weighted by atomic mass is 9.92. The van der Waals surface area contributed by atoms with Gasteiger partial charge in [0.05, 0.1) is 29.3 Å². The molecular weight excluding hydrogens is 336 g/mol. The molecule has 1 aromatic carbocycles. The standard InChI is InChI=1S/C21H20N6/c22-19-12-23-20-9-6-15(13-27(19)20)21(14-4-2-1-3-5-14)25-17-7-8-18-16(10-17)11-24-26-18/h4,6-13H,1-3,5,22H2,(H,24,26). The quantitative estimate of drug-likeness (QED) is 0.533. The van der Waals surface area contributed by atoms with Crippen LogP contribution in [0.3, 0.4) is 0 Å². The smallest absolute Gasteiger partial charge is 0.138 e. The first-order chi connectivity index (χ1) is 13.3. The van der Waals surface area contributed by atoms with E-state index < -0.39 is 0 Å². The predicted octanol–water partition coefficient (Wildman–Crippen LogP) is 4.41. The van der Waals surface area contributed by atoms with Crippen LogP contribution in [0.25, 0.3) is 16.6 Å². The molecule has 0 saturated heterocycles. The van der Waals surface area contributed by atoms with Crippen molar-refractivity contribution in [2.45, 2.75) is 25.7 Å². The number of rotatable bonds is 3. The Bertz CT molecular complexity index is 1190. The van der Waals surface area contributed by atoms with Gasteiger partial charge in [-0.2, -0.15) is 5.10 Å². The number of fused-ring (bicyclic) bond motifs is 2. The lowest BCUT2D eigenvalue weighted by Gasteiger charge is -2.16. The molecule has 0 spiro atoms. The first-order valence-corrected chi connectivity index (χ1v) is 9.22. The number of hydrogen-bond acceptors (Lipinski definition) is 4. The topological polar surface area (TPSA) is 84.4 Å². The largest absolute Gasteiger partial charge is 0.383 e. The van der Waals surface area contributed by atoms with Crippen molar-refractivity contribution in [1.29, 1.82) is 0 Å². The van der Waals surface area contributed by atoms with Crippen LogP contribution in [0.15, 0.2) is 65.6 Å². The Morgan fingerprint density at radius 3 is 3.00 bits per heavy atom. The predicted molar refractivity (Wildman–Crippen MR) is 108 cm³/mol. The van der Waals surface area contributed by atoms with Gasteiger partial charge in [-0.1, -0.05) is 6.08 Å². The SMILES string of the molecule is Nc1cnc2ccc(C(=Nc3ccc4[nH]ncc4c3)C3=CCCCC3)cn12. The number of H-pyrrole nitrogens is 1. The Morgan fingerprint density at radius 2 is 2.11 bits per heavy atom. The molecule has 1 aliphatic carbocycles. The first kappa shape index (κ1) is 15.8. The molecule has 5 rings (SSSR count). The molecule has 3 heterocycles. The molecular formula is C21H20N6. The Labute approximate surface area is 156 Å². The van der Waals surface area contributed by atoms with E-state index in [9.17, 15) is 0 Å². The van der Waals surface area contributed by atoms with Gasteiger partial charge in [0, 0.05) is 17.1 Å². The molecule has 6 nitrogen and oxygen atoms in total. The number of benzene rings is 1. The highest BCUT2D eigenvalue weighted by Gasteiger charge is 2.15. The van der Waals surface area contributed by atoms with Crippen molar-refractivity contribution in [3.63, 3.8) is 0 Å². The molecule has 0 saturated carbocycles. The number of hydrogen-bond donors (Lipinski definition) is 2. The van der Waals surface area contributed by atoms with Gasteiger partial charge in [-0.3, -0.25) is 9.50 Å². The van der Waals surface area contributed by atoms with Gasteiger partial charge < -0.3 is 5.73 Å². The highest BCUT2D eigenvalue weighted by molar-refractivity contribution is 6.14. The van der Waals surface area contributed by atoms with Crippen LogP contribution in [0.4, 0.5) is 11.5 Å². The summed E-state index contributed by atoms with van der Waals surface area (Å²) in [5, 5.41) is 8.14. The molecule has 134 valence electrons. The van der Waals surface area contributed by atoms with Crippen molar-refractivity contribution in [1.82, 2.24) is 19.6 Å². The average molecular weight is 356 g/mol. The van der Waals surface area contributed by atoms with E-state index in [1.165, 1.54) is 18.4 Å². The molecule has 0 unspecified atom stereocenters. The van der Waals surface area contributed by atoms with Crippen LogP contribution < -0.4 is 5.73 Å². The zero-order valence-corrected chi connectivity index (χ0v) is 14.9. The summed E-state index contributed by atoms with van der Waals surface area (Å²) in [4.78, 5) is 9.35. The van der Waals surface area contributed by atoms with Gasteiger partial charge in [-0.15, -0.1) is 0 Å². The molecule has 0 fully saturated rings. The van der Waals surface area contributed by atoms with Gasteiger partial charge in [0.25, 0.3) is 0 Å². The van der Waals surface area contributed by atoms with Gasteiger partial charge in [-0.25, -0.2) is 9.98 Å². The Balaban J connectivity index is 1.67. The van der Waals surface area contributed by atoms with E-state index in [2.05, 4.69) is 33.4 Å². The van der Waals surface area contributed by atoms with Gasteiger partial charge >= 0.3 is 0 Å². The van der Waals surface area contributed by atoms with E-state index in [0.717, 1.165) is 46.4 Å². The van der Waals surface area contributed by atoms with E-state index in [-0.39, 0.29) is 0 Å². The number of nitrogens with two attached hydrogens (primary N) is 1. The number of anilines is 1. The highest BCUT2D eigenvalue weighted by atomic mass is 15.1. The minimum Gasteiger partial charge on any atom is -0.383 e. The third-order valence-corrected chi connectivity index (χ3v) is 5.07. The number of nitrogen functional groups attached to an aromatic ring is 1. The normalized spacial score (nSPS) is 15.4. The molecule has 1 aliphatic rings. The molecule has 0 aliphatic heterocycles. The monoisotopic (exact) mass is 356 g/mol. The van der Waals surface area contributed by atoms with E-state index >= 15 is 0 Å². The number of allylic oxidation sites excluding steroid dienone is 2.